The normalized spacial score (nSPS) is 37.4. The second kappa shape index (κ2) is 3.53. The Morgan fingerprint density at radius 1 is 1.00 bits per heavy atom. The summed E-state index contributed by atoms with van der Waals surface area (Å²) in [6.07, 6.45) is -2.17. The lowest BCUT2D eigenvalue weighted by Gasteiger charge is -2.20. The molecule has 1 heterocycles. The number of aliphatic hydroxyl groups is 2. The summed E-state index contributed by atoms with van der Waals surface area (Å²) in [5.74, 6) is -0.719. The quantitative estimate of drug-likeness (QED) is 0.656. The van der Waals surface area contributed by atoms with E-state index >= 15 is 0 Å². The maximum absolute atomic E-state index is 9.39. The molecule has 1 aliphatic heterocycles. The van der Waals surface area contributed by atoms with E-state index in [2.05, 4.69) is 0 Å². The van der Waals surface area contributed by atoms with Gasteiger partial charge < -0.3 is 19.7 Å². The average Bonchev–Trinajstić information content (AvgIpc) is 2.26. The van der Waals surface area contributed by atoms with Gasteiger partial charge in [-0.3, -0.25) is 0 Å². The molecule has 4 nitrogen and oxygen atoms in total. The summed E-state index contributed by atoms with van der Waals surface area (Å²) in [5, 5.41) is 18.8. The predicted molar refractivity (Wildman–Crippen MR) is 47.2 cm³/mol. The zero-order valence-electron chi connectivity index (χ0n) is 8.52. The highest BCUT2D eigenvalue weighted by atomic mass is 16.8. The van der Waals surface area contributed by atoms with Crippen LogP contribution in [0.1, 0.15) is 27.7 Å². The molecule has 2 N–H and O–H groups in total. The van der Waals surface area contributed by atoms with E-state index in [9.17, 15) is 10.2 Å². The summed E-state index contributed by atoms with van der Waals surface area (Å²) in [6, 6.07) is 0. The zero-order chi connectivity index (χ0) is 10.2. The Morgan fingerprint density at radius 2 is 1.31 bits per heavy atom. The van der Waals surface area contributed by atoms with E-state index in [1.165, 1.54) is 0 Å². The van der Waals surface area contributed by atoms with Crippen LogP contribution in [-0.4, -0.2) is 40.4 Å². The van der Waals surface area contributed by atoms with Crippen molar-refractivity contribution in [3.63, 3.8) is 0 Å². The summed E-state index contributed by atoms with van der Waals surface area (Å²) in [5.41, 5.74) is 0. The molecule has 4 heteroatoms. The number of rotatable bonds is 2. The van der Waals surface area contributed by atoms with E-state index in [0.717, 1.165) is 0 Å². The molecular formula is C9H18O4. The first-order valence-electron chi connectivity index (χ1n) is 4.55. The maximum atomic E-state index is 9.39. The van der Waals surface area contributed by atoms with Crippen molar-refractivity contribution in [1.82, 2.24) is 0 Å². The number of aliphatic hydroxyl groups excluding tert-OH is 2. The van der Waals surface area contributed by atoms with Gasteiger partial charge in [-0.25, -0.2) is 0 Å². The molecule has 78 valence electrons. The highest BCUT2D eigenvalue weighted by Gasteiger charge is 2.45. The Morgan fingerprint density at radius 3 is 1.54 bits per heavy atom. The fraction of sp³-hybridized carbons (Fsp3) is 1.00. The molecule has 4 atom stereocenters. The van der Waals surface area contributed by atoms with E-state index in [1.54, 1.807) is 27.7 Å². The Balaban J connectivity index is 2.71. The smallest absolute Gasteiger partial charge is 0.164 e. The molecule has 1 saturated heterocycles. The zero-order valence-corrected chi connectivity index (χ0v) is 8.52. The highest BCUT2D eigenvalue weighted by molar-refractivity contribution is 4.87. The first-order valence-corrected chi connectivity index (χ1v) is 4.55. The molecular weight excluding hydrogens is 172 g/mol. The Bertz CT molecular complexity index is 158. The largest absolute Gasteiger partial charge is 0.391 e. The van der Waals surface area contributed by atoms with Crippen molar-refractivity contribution in [3.8, 4) is 0 Å². The number of hydrogen-bond acceptors (Lipinski definition) is 4. The standard InChI is InChI=1S/C9H18O4/c1-5(10)7-8(6(2)11)13-9(3,4)12-7/h5-8,10-11H,1-4H3/t5-,6-,7+,8+/m1/s1. The van der Waals surface area contributed by atoms with Crippen LogP contribution < -0.4 is 0 Å². The Kier molecular flexibility index (Phi) is 2.97. The molecule has 13 heavy (non-hydrogen) atoms. The Labute approximate surface area is 78.5 Å². The van der Waals surface area contributed by atoms with Gasteiger partial charge in [0.2, 0.25) is 0 Å². The van der Waals surface area contributed by atoms with Crippen molar-refractivity contribution in [3.05, 3.63) is 0 Å². The van der Waals surface area contributed by atoms with Crippen LogP contribution in [0.25, 0.3) is 0 Å². The van der Waals surface area contributed by atoms with Gasteiger partial charge in [-0.2, -0.15) is 0 Å². The molecule has 0 unspecified atom stereocenters. The van der Waals surface area contributed by atoms with E-state index in [-0.39, 0.29) is 0 Å². The molecule has 1 rings (SSSR count). The van der Waals surface area contributed by atoms with Crippen molar-refractivity contribution < 1.29 is 19.7 Å². The molecule has 0 radical (unpaired) electrons. The minimum absolute atomic E-state index is 0.449. The van der Waals surface area contributed by atoms with E-state index in [1.807, 2.05) is 0 Å². The van der Waals surface area contributed by atoms with Crippen molar-refractivity contribution in [2.75, 3.05) is 0 Å². The summed E-state index contributed by atoms with van der Waals surface area (Å²) in [6.45, 7) is 6.80. The molecule has 0 aromatic heterocycles. The van der Waals surface area contributed by atoms with Gasteiger partial charge >= 0.3 is 0 Å². The lowest BCUT2D eigenvalue weighted by molar-refractivity contribution is -0.159. The van der Waals surface area contributed by atoms with Crippen molar-refractivity contribution >= 4 is 0 Å². The monoisotopic (exact) mass is 190 g/mol. The van der Waals surface area contributed by atoms with Gasteiger partial charge in [0.25, 0.3) is 0 Å². The van der Waals surface area contributed by atoms with Crippen molar-refractivity contribution in [2.24, 2.45) is 0 Å². The molecule has 0 saturated carbocycles. The van der Waals surface area contributed by atoms with Crippen LogP contribution in [0.3, 0.4) is 0 Å². The average molecular weight is 190 g/mol. The van der Waals surface area contributed by atoms with Crippen LogP contribution in [-0.2, 0) is 9.47 Å². The van der Waals surface area contributed by atoms with Crippen molar-refractivity contribution in [2.45, 2.75) is 57.9 Å². The third-order valence-electron chi connectivity index (χ3n) is 2.11. The van der Waals surface area contributed by atoms with Crippen LogP contribution in [0, 0.1) is 0 Å². The number of hydrogen-bond donors (Lipinski definition) is 2. The van der Waals surface area contributed by atoms with Gasteiger partial charge in [-0.1, -0.05) is 0 Å². The number of ether oxygens (including phenoxy) is 2. The first kappa shape index (κ1) is 10.9. The molecule has 0 aromatic carbocycles. The Hall–Kier alpha value is -0.160. The summed E-state index contributed by atoms with van der Waals surface area (Å²) in [7, 11) is 0. The van der Waals surface area contributed by atoms with Gasteiger partial charge in [0.05, 0.1) is 12.2 Å². The highest BCUT2D eigenvalue weighted by Crippen LogP contribution is 2.31. The fourth-order valence-electron chi connectivity index (χ4n) is 1.56. The molecule has 1 aliphatic rings. The first-order chi connectivity index (χ1) is 5.83. The second-order valence-corrected chi connectivity index (χ2v) is 4.05. The van der Waals surface area contributed by atoms with E-state index in [4.69, 9.17) is 9.47 Å². The maximum Gasteiger partial charge on any atom is 0.164 e. The predicted octanol–water partition coefficient (Wildman–Crippen LogP) is 0.268. The lowest BCUT2D eigenvalue weighted by atomic mass is 10.1. The minimum atomic E-state index is -0.719. The van der Waals surface area contributed by atoms with Crippen LogP contribution >= 0.6 is 0 Å². The molecule has 0 bridgehead atoms. The minimum Gasteiger partial charge on any atom is -0.391 e. The van der Waals surface area contributed by atoms with Gasteiger partial charge in [-0.15, -0.1) is 0 Å². The summed E-state index contributed by atoms with van der Waals surface area (Å²) in [4.78, 5) is 0. The summed E-state index contributed by atoms with van der Waals surface area (Å²) < 4.78 is 10.9. The SMILES string of the molecule is C[C@@H](O)[C@@H]1OC(C)(C)O[C@H]1[C@@H](C)O. The van der Waals surface area contributed by atoms with Crippen LogP contribution in [0.4, 0.5) is 0 Å². The molecule has 1 fully saturated rings. The van der Waals surface area contributed by atoms with Crippen molar-refractivity contribution in [1.29, 1.82) is 0 Å². The summed E-state index contributed by atoms with van der Waals surface area (Å²) >= 11 is 0. The third kappa shape index (κ3) is 2.40. The lowest BCUT2D eigenvalue weighted by Crippen LogP contribution is -2.39. The van der Waals surface area contributed by atoms with Gasteiger partial charge in [0.1, 0.15) is 12.2 Å². The topological polar surface area (TPSA) is 58.9 Å². The third-order valence-corrected chi connectivity index (χ3v) is 2.11. The fourth-order valence-corrected chi connectivity index (χ4v) is 1.56. The van der Waals surface area contributed by atoms with Crippen LogP contribution in [0.5, 0.6) is 0 Å². The second-order valence-electron chi connectivity index (χ2n) is 4.05. The van der Waals surface area contributed by atoms with E-state index < -0.39 is 30.2 Å². The van der Waals surface area contributed by atoms with Crippen LogP contribution in [0.15, 0.2) is 0 Å². The van der Waals surface area contributed by atoms with Gasteiger partial charge in [-0.05, 0) is 27.7 Å². The van der Waals surface area contributed by atoms with Crippen LogP contribution in [0.2, 0.25) is 0 Å². The molecule has 0 spiro atoms. The van der Waals surface area contributed by atoms with Gasteiger partial charge in [0.15, 0.2) is 5.79 Å². The van der Waals surface area contributed by atoms with Gasteiger partial charge in [0, 0.05) is 0 Å². The molecule has 0 aromatic rings. The van der Waals surface area contributed by atoms with E-state index in [0.29, 0.717) is 0 Å². The molecule has 0 amide bonds. The molecule has 0 aliphatic carbocycles.